The molecule has 0 saturated carbocycles. The number of pyridine rings is 1. The van der Waals surface area contributed by atoms with Gasteiger partial charge in [0.2, 0.25) is 12.0 Å². The van der Waals surface area contributed by atoms with Gasteiger partial charge < -0.3 is 19.7 Å². The molecule has 2 amide bonds. The van der Waals surface area contributed by atoms with Gasteiger partial charge in [0.25, 0.3) is 0 Å². The summed E-state index contributed by atoms with van der Waals surface area (Å²) < 4.78 is 10.9. The number of nitrogens with one attached hydrogen (secondary N) is 1. The van der Waals surface area contributed by atoms with Crippen LogP contribution in [0, 0.1) is 0 Å². The van der Waals surface area contributed by atoms with E-state index in [1.807, 2.05) is 66.7 Å². The van der Waals surface area contributed by atoms with Crippen LogP contribution in [-0.2, 0) is 38.6 Å². The molecule has 182 valence electrons. The molecule has 0 radical (unpaired) electrons. The van der Waals surface area contributed by atoms with Crippen LogP contribution in [0.4, 0.5) is 4.79 Å². The topological polar surface area (TPSA) is 97.8 Å². The molecule has 8 heteroatoms. The Morgan fingerprint density at radius 2 is 1.57 bits per heavy atom. The first-order valence-electron chi connectivity index (χ1n) is 11.3. The zero-order chi connectivity index (χ0) is 24.9. The summed E-state index contributed by atoms with van der Waals surface area (Å²) in [6, 6.07) is 22.2. The molecule has 0 aliphatic rings. The van der Waals surface area contributed by atoms with E-state index in [4.69, 9.17) is 9.47 Å². The van der Waals surface area contributed by atoms with Gasteiger partial charge in [-0.3, -0.25) is 9.78 Å². The third-order valence-corrected chi connectivity index (χ3v) is 5.19. The van der Waals surface area contributed by atoms with Crippen LogP contribution in [-0.4, -0.2) is 47.6 Å². The minimum Gasteiger partial charge on any atom is -0.458 e. The molecule has 1 heterocycles. The summed E-state index contributed by atoms with van der Waals surface area (Å²) in [6.45, 7) is 0.567. The summed E-state index contributed by atoms with van der Waals surface area (Å²) in [6.07, 6.45) is 1.79. The Morgan fingerprint density at radius 3 is 2.23 bits per heavy atom. The lowest BCUT2D eigenvalue weighted by atomic mass is 10.1. The van der Waals surface area contributed by atoms with Crippen molar-refractivity contribution in [3.8, 4) is 0 Å². The zero-order valence-corrected chi connectivity index (χ0v) is 19.6. The molecule has 0 aliphatic carbocycles. The molecule has 3 rings (SSSR count). The summed E-state index contributed by atoms with van der Waals surface area (Å²) in [5.74, 6) is -0.842. The highest BCUT2D eigenvalue weighted by Crippen LogP contribution is 2.11. The fraction of sp³-hybridized carbons (Fsp3) is 0.259. The molecule has 2 aromatic carbocycles. The van der Waals surface area contributed by atoms with E-state index < -0.39 is 18.2 Å². The van der Waals surface area contributed by atoms with Crippen molar-refractivity contribution < 1.29 is 23.9 Å². The Kier molecular flexibility index (Phi) is 9.80. The number of benzene rings is 2. The summed E-state index contributed by atoms with van der Waals surface area (Å²) in [5, 5.41) is 2.79. The van der Waals surface area contributed by atoms with Crippen molar-refractivity contribution in [2.45, 2.75) is 32.1 Å². The summed E-state index contributed by atoms with van der Waals surface area (Å²) in [5.41, 5.74) is 2.55. The van der Waals surface area contributed by atoms with E-state index in [-0.39, 0.29) is 31.9 Å². The second kappa shape index (κ2) is 13.5. The molecule has 0 saturated heterocycles. The summed E-state index contributed by atoms with van der Waals surface area (Å²) in [4.78, 5) is 42.9. The van der Waals surface area contributed by atoms with Gasteiger partial charge in [-0.05, 0) is 22.8 Å². The van der Waals surface area contributed by atoms with Crippen molar-refractivity contribution in [3.63, 3.8) is 0 Å². The molecular weight excluding hydrogens is 446 g/mol. The lowest BCUT2D eigenvalue weighted by Crippen LogP contribution is -2.38. The number of hydrogen-bond donors (Lipinski definition) is 1. The number of amides is 2. The molecule has 1 atom stereocenters. The Labute approximate surface area is 204 Å². The maximum absolute atomic E-state index is 12.8. The number of hydrogen-bond acceptors (Lipinski definition) is 6. The van der Waals surface area contributed by atoms with Crippen molar-refractivity contribution >= 4 is 18.0 Å². The van der Waals surface area contributed by atoms with Gasteiger partial charge in [0.15, 0.2) is 0 Å². The van der Waals surface area contributed by atoms with Crippen LogP contribution < -0.4 is 5.32 Å². The van der Waals surface area contributed by atoms with Crippen molar-refractivity contribution in [1.29, 1.82) is 0 Å². The van der Waals surface area contributed by atoms with Gasteiger partial charge in [-0.25, -0.2) is 9.59 Å². The Bertz CT molecular complexity index is 1080. The second-order valence-electron chi connectivity index (χ2n) is 7.96. The average Bonchev–Trinajstić information content (AvgIpc) is 2.90. The number of carbonyl (C=O) groups is 3. The normalized spacial score (nSPS) is 11.2. The Balaban J connectivity index is 1.52. The number of esters is 1. The van der Waals surface area contributed by atoms with Crippen LogP contribution in [0.5, 0.6) is 0 Å². The highest BCUT2D eigenvalue weighted by Gasteiger charge is 2.27. The highest BCUT2D eigenvalue weighted by atomic mass is 16.6. The van der Waals surface area contributed by atoms with Gasteiger partial charge in [0.05, 0.1) is 0 Å². The third-order valence-electron chi connectivity index (χ3n) is 5.19. The first-order chi connectivity index (χ1) is 17.0. The second-order valence-corrected chi connectivity index (χ2v) is 7.96. The average molecular weight is 476 g/mol. The summed E-state index contributed by atoms with van der Waals surface area (Å²) in [7, 11) is 1.52. The number of nitrogens with zero attached hydrogens (tertiary/aromatic N) is 2. The predicted molar refractivity (Wildman–Crippen MR) is 130 cm³/mol. The van der Waals surface area contributed by atoms with Crippen LogP contribution in [0.25, 0.3) is 0 Å². The van der Waals surface area contributed by atoms with E-state index in [0.717, 1.165) is 16.7 Å². The van der Waals surface area contributed by atoms with Crippen LogP contribution >= 0.6 is 0 Å². The molecular formula is C27H29N3O5. The number of rotatable bonds is 11. The van der Waals surface area contributed by atoms with E-state index in [0.29, 0.717) is 6.54 Å². The van der Waals surface area contributed by atoms with Gasteiger partial charge in [-0.1, -0.05) is 66.7 Å². The number of aromatic nitrogens is 1. The highest BCUT2D eigenvalue weighted by molar-refractivity contribution is 5.80. The fourth-order valence-electron chi connectivity index (χ4n) is 3.19. The predicted octanol–water partition coefficient (Wildman–Crippen LogP) is 3.51. The van der Waals surface area contributed by atoms with E-state index in [1.165, 1.54) is 11.9 Å². The van der Waals surface area contributed by atoms with Crippen molar-refractivity contribution in [2.75, 3.05) is 13.6 Å². The van der Waals surface area contributed by atoms with Gasteiger partial charge in [-0.15, -0.1) is 0 Å². The number of carbonyl (C=O) groups excluding carboxylic acids is 3. The third kappa shape index (κ3) is 8.92. The van der Waals surface area contributed by atoms with Gasteiger partial charge >= 0.3 is 12.1 Å². The molecule has 0 fully saturated rings. The summed E-state index contributed by atoms with van der Waals surface area (Å²) >= 11 is 0. The largest absolute Gasteiger partial charge is 0.458 e. The molecule has 8 nitrogen and oxygen atoms in total. The first-order valence-corrected chi connectivity index (χ1v) is 11.3. The van der Waals surface area contributed by atoms with E-state index >= 15 is 0 Å². The maximum atomic E-state index is 12.8. The molecule has 0 unspecified atom stereocenters. The van der Waals surface area contributed by atoms with Gasteiger partial charge in [0, 0.05) is 45.4 Å². The molecule has 35 heavy (non-hydrogen) atoms. The van der Waals surface area contributed by atoms with Crippen LogP contribution in [0.3, 0.4) is 0 Å². The van der Waals surface area contributed by atoms with E-state index in [2.05, 4.69) is 10.3 Å². The van der Waals surface area contributed by atoms with E-state index in [9.17, 15) is 14.4 Å². The molecule has 1 N–H and O–H groups in total. The fourth-order valence-corrected chi connectivity index (χ4v) is 3.19. The van der Waals surface area contributed by atoms with Gasteiger partial charge in [0.1, 0.15) is 6.61 Å². The lowest BCUT2D eigenvalue weighted by Gasteiger charge is -2.22. The Morgan fingerprint density at radius 1 is 0.914 bits per heavy atom. The minimum atomic E-state index is -1.12. The molecule has 3 aromatic rings. The molecule has 0 bridgehead atoms. The van der Waals surface area contributed by atoms with Crippen molar-refractivity contribution in [1.82, 2.24) is 15.2 Å². The standard InChI is InChI=1S/C27H29N3O5/c1-30(16-14-25(31)29-19-23-13-8-15-28-18-23)27(33)35-24(17-21-9-4-2-5-10-21)26(32)34-20-22-11-6-3-7-12-22/h2-13,15,18,24H,14,16-17,19-20H2,1H3,(H,29,31)/t24-/m0/s1. The monoisotopic (exact) mass is 475 g/mol. The first kappa shape index (κ1) is 25.4. The SMILES string of the molecule is CN(CCC(=O)NCc1cccnc1)C(=O)O[C@@H](Cc1ccccc1)C(=O)OCc1ccccc1. The quantitative estimate of drug-likeness (QED) is 0.426. The smallest absolute Gasteiger partial charge is 0.410 e. The lowest BCUT2D eigenvalue weighted by molar-refractivity contribution is -0.155. The number of ether oxygens (including phenoxy) is 2. The Hall–Kier alpha value is -4.20. The van der Waals surface area contributed by atoms with Gasteiger partial charge in [-0.2, -0.15) is 0 Å². The van der Waals surface area contributed by atoms with Crippen LogP contribution in [0.2, 0.25) is 0 Å². The molecule has 0 aliphatic heterocycles. The van der Waals surface area contributed by atoms with E-state index in [1.54, 1.807) is 18.5 Å². The van der Waals surface area contributed by atoms with Crippen molar-refractivity contribution in [3.05, 3.63) is 102 Å². The molecule has 1 aromatic heterocycles. The molecule has 0 spiro atoms. The van der Waals surface area contributed by atoms with Crippen LogP contribution in [0.15, 0.2) is 85.2 Å². The van der Waals surface area contributed by atoms with Crippen LogP contribution in [0.1, 0.15) is 23.1 Å². The zero-order valence-electron chi connectivity index (χ0n) is 19.6. The minimum absolute atomic E-state index is 0.0788. The van der Waals surface area contributed by atoms with Crippen molar-refractivity contribution in [2.24, 2.45) is 0 Å². The maximum Gasteiger partial charge on any atom is 0.410 e.